The summed E-state index contributed by atoms with van der Waals surface area (Å²) in [5.74, 6) is -1.32. The van der Waals surface area contributed by atoms with Crippen LogP contribution in [0.5, 0.6) is 0 Å². The van der Waals surface area contributed by atoms with Crippen LogP contribution in [0.4, 0.5) is 23.8 Å². The number of halogens is 4. The fourth-order valence-corrected chi connectivity index (χ4v) is 4.54. The van der Waals surface area contributed by atoms with Gasteiger partial charge in [0.2, 0.25) is 0 Å². The Morgan fingerprint density at radius 1 is 1.27 bits per heavy atom. The lowest BCUT2D eigenvalue weighted by molar-refractivity contribution is -0.150. The van der Waals surface area contributed by atoms with Crippen LogP contribution in [0.1, 0.15) is 46.2 Å². The van der Waals surface area contributed by atoms with E-state index in [4.69, 9.17) is 20.9 Å². The first-order chi connectivity index (χ1) is 19.5. The number of alkyl halides is 3. The number of urea groups is 1. The third-order valence-electron chi connectivity index (χ3n) is 6.41. The summed E-state index contributed by atoms with van der Waals surface area (Å²) in [5.41, 5.74) is 1.31. The van der Waals surface area contributed by atoms with Crippen molar-refractivity contribution in [3.8, 4) is 0 Å². The molecule has 0 radical (unpaired) electrons. The quantitative estimate of drug-likeness (QED) is 0.322. The van der Waals surface area contributed by atoms with Gasteiger partial charge in [-0.15, -0.1) is 0 Å². The number of nitrogens with one attached hydrogen (secondary N) is 3. The molecule has 4 amide bonds. The van der Waals surface area contributed by atoms with Gasteiger partial charge in [0.25, 0.3) is 11.8 Å². The number of hydrogen-bond acceptors (Lipinski definition) is 7. The van der Waals surface area contributed by atoms with Crippen molar-refractivity contribution in [3.05, 3.63) is 76.3 Å². The predicted octanol–water partition coefficient (Wildman–Crippen LogP) is 4.04. The van der Waals surface area contributed by atoms with Crippen molar-refractivity contribution in [2.45, 2.75) is 37.6 Å². The van der Waals surface area contributed by atoms with Gasteiger partial charge in [-0.25, -0.2) is 9.78 Å². The number of anilines is 1. The molecule has 3 heterocycles. The molecule has 1 fully saturated rings. The number of aromatic nitrogens is 2. The van der Waals surface area contributed by atoms with E-state index in [2.05, 4.69) is 20.8 Å². The van der Waals surface area contributed by atoms with Crippen molar-refractivity contribution < 1.29 is 36.8 Å². The van der Waals surface area contributed by atoms with E-state index >= 15 is 0 Å². The number of aryl methyl sites for hydroxylation is 1. The number of methoxy groups -OCH3 is 1. The topological polar surface area (TPSA) is 139 Å². The number of rotatable bonds is 10. The van der Waals surface area contributed by atoms with Gasteiger partial charge < -0.3 is 30.1 Å². The molecule has 0 saturated carbocycles. The lowest BCUT2D eigenvalue weighted by atomic mass is 10.0. The molecule has 0 aliphatic carbocycles. The van der Waals surface area contributed by atoms with E-state index in [0.29, 0.717) is 28.1 Å². The van der Waals surface area contributed by atoms with E-state index < -0.39 is 48.7 Å². The van der Waals surface area contributed by atoms with Gasteiger partial charge in [0, 0.05) is 23.9 Å². The summed E-state index contributed by atoms with van der Waals surface area (Å²) in [6.07, 6.45) is -1.48. The Morgan fingerprint density at radius 3 is 2.71 bits per heavy atom. The summed E-state index contributed by atoms with van der Waals surface area (Å²) >= 11 is 6.13. The third-order valence-corrected chi connectivity index (χ3v) is 6.65. The van der Waals surface area contributed by atoms with Crippen LogP contribution < -0.4 is 16.0 Å². The van der Waals surface area contributed by atoms with Gasteiger partial charge in [0.15, 0.2) is 5.69 Å². The van der Waals surface area contributed by atoms with Crippen LogP contribution in [-0.2, 0) is 16.0 Å². The zero-order valence-corrected chi connectivity index (χ0v) is 22.6. The van der Waals surface area contributed by atoms with Crippen LogP contribution in [-0.4, -0.2) is 65.4 Å². The van der Waals surface area contributed by atoms with Crippen LogP contribution in [0, 0.1) is 0 Å². The van der Waals surface area contributed by atoms with Crippen molar-refractivity contribution in [2.24, 2.45) is 0 Å². The molecule has 1 aromatic carbocycles. The molecule has 0 bridgehead atoms. The second kappa shape index (κ2) is 12.6. The molecule has 1 saturated heterocycles. The lowest BCUT2D eigenvalue weighted by Gasteiger charge is -2.27. The zero-order chi connectivity index (χ0) is 29.7. The molecular formula is C26H26ClF3N6O5. The number of carbonyl (C=O) groups excluding carboxylic acids is 3. The molecule has 4 rings (SSSR count). The first kappa shape index (κ1) is 29.8. The number of hydrogen-bond donors (Lipinski definition) is 3. The number of carbonyl (C=O) groups is 3. The molecule has 2 aromatic heterocycles. The number of ether oxygens (including phenoxy) is 1. The first-order valence-corrected chi connectivity index (χ1v) is 12.8. The molecule has 0 unspecified atom stereocenters. The monoisotopic (exact) mass is 594 g/mol. The number of nitrogens with zero attached hydrogens (tertiary/aromatic N) is 3. The van der Waals surface area contributed by atoms with E-state index in [0.717, 1.165) is 4.90 Å². The van der Waals surface area contributed by atoms with Crippen molar-refractivity contribution in [3.63, 3.8) is 0 Å². The van der Waals surface area contributed by atoms with E-state index in [1.807, 2.05) is 12.2 Å². The summed E-state index contributed by atoms with van der Waals surface area (Å²) in [4.78, 5) is 44.0. The third kappa shape index (κ3) is 6.95. The molecule has 218 valence electrons. The maximum Gasteiger partial charge on any atom is 0.410 e. The minimum Gasteiger partial charge on any atom is -0.382 e. The van der Waals surface area contributed by atoms with Gasteiger partial charge >= 0.3 is 12.2 Å². The first-order valence-electron chi connectivity index (χ1n) is 12.4. The Bertz CT molecular complexity index is 1420. The highest BCUT2D eigenvalue weighted by molar-refractivity contribution is 6.30. The summed E-state index contributed by atoms with van der Waals surface area (Å²) < 4.78 is 49.8. The standard InChI is InChI=1S/C26H26ClF3N6O5/c1-3-14-12-41-35-22(14)24(38)34-21(16-5-4-6-17(27)9-16)23(37)33-20-10-15(7-8-31-20)18(13-40-2)36-11-19(26(28,29)30)32-25(36)39/h4-10,12,18-19,21H,3,11,13H2,1-2H3,(H,32,39)(H,34,38)(H,31,33,37)/t18-,19+,21+/m1/s1. The van der Waals surface area contributed by atoms with Crippen LogP contribution in [0.3, 0.4) is 0 Å². The predicted molar refractivity (Wildman–Crippen MR) is 140 cm³/mol. The maximum atomic E-state index is 13.5. The second-order valence-electron chi connectivity index (χ2n) is 9.13. The van der Waals surface area contributed by atoms with Gasteiger partial charge in [-0.3, -0.25) is 9.59 Å². The van der Waals surface area contributed by atoms with Gasteiger partial charge in [0.05, 0.1) is 19.2 Å². The normalized spacial score (nSPS) is 16.7. The molecule has 0 spiro atoms. The molecule has 3 aromatic rings. The number of pyridine rings is 1. The SMILES string of the molecule is CCc1conc1C(=O)N[C@H](C(=O)Nc1cc([C@@H](COC)N2C[C@@H](C(F)(F)F)NC2=O)ccn1)c1cccc(Cl)c1. The largest absolute Gasteiger partial charge is 0.410 e. The van der Waals surface area contributed by atoms with Gasteiger partial charge in [-0.1, -0.05) is 35.8 Å². The van der Waals surface area contributed by atoms with Gasteiger partial charge in [0.1, 0.15) is 24.2 Å². The Balaban J connectivity index is 1.59. The highest BCUT2D eigenvalue weighted by atomic mass is 35.5. The number of benzene rings is 1. The smallest absolute Gasteiger partial charge is 0.382 e. The van der Waals surface area contributed by atoms with Crippen molar-refractivity contribution in [1.29, 1.82) is 0 Å². The summed E-state index contributed by atoms with van der Waals surface area (Å²) in [6.45, 7) is 1.08. The Morgan fingerprint density at radius 2 is 2.05 bits per heavy atom. The molecule has 3 atom stereocenters. The van der Waals surface area contributed by atoms with E-state index in [-0.39, 0.29) is 18.1 Å². The summed E-state index contributed by atoms with van der Waals surface area (Å²) in [5, 5.41) is 11.2. The molecule has 11 nitrogen and oxygen atoms in total. The van der Waals surface area contributed by atoms with E-state index in [1.165, 1.54) is 37.8 Å². The zero-order valence-electron chi connectivity index (χ0n) is 21.9. The Labute approximate surface area is 237 Å². The fourth-order valence-electron chi connectivity index (χ4n) is 4.34. The summed E-state index contributed by atoms with van der Waals surface area (Å²) in [6, 6.07) is 4.16. The molecule has 15 heteroatoms. The fraction of sp³-hybridized carbons (Fsp3) is 0.346. The molecular weight excluding hydrogens is 569 g/mol. The molecule has 41 heavy (non-hydrogen) atoms. The maximum absolute atomic E-state index is 13.5. The molecule has 1 aliphatic rings. The summed E-state index contributed by atoms with van der Waals surface area (Å²) in [7, 11) is 1.35. The average molecular weight is 595 g/mol. The lowest BCUT2D eigenvalue weighted by Crippen LogP contribution is -2.40. The Kier molecular flexibility index (Phi) is 9.13. The minimum atomic E-state index is -4.62. The van der Waals surface area contributed by atoms with E-state index in [1.54, 1.807) is 18.2 Å². The van der Waals surface area contributed by atoms with Crippen molar-refractivity contribution >= 4 is 35.3 Å². The van der Waals surface area contributed by atoms with Crippen LogP contribution >= 0.6 is 11.6 Å². The Hall–Kier alpha value is -4.17. The second-order valence-corrected chi connectivity index (χ2v) is 9.57. The molecule has 3 N–H and O–H groups in total. The highest BCUT2D eigenvalue weighted by Crippen LogP contribution is 2.31. The average Bonchev–Trinajstić information content (AvgIpc) is 3.57. The van der Waals surface area contributed by atoms with Crippen LogP contribution in [0.25, 0.3) is 0 Å². The minimum absolute atomic E-state index is 0.0240. The molecule has 1 aliphatic heterocycles. The van der Waals surface area contributed by atoms with Crippen molar-refractivity contribution in [2.75, 3.05) is 25.6 Å². The number of amides is 4. The van der Waals surface area contributed by atoms with E-state index in [9.17, 15) is 27.6 Å². The van der Waals surface area contributed by atoms with Crippen molar-refractivity contribution in [1.82, 2.24) is 25.7 Å². The van der Waals surface area contributed by atoms with Gasteiger partial charge in [-0.2, -0.15) is 13.2 Å². The van der Waals surface area contributed by atoms with Crippen LogP contribution in [0.15, 0.2) is 53.4 Å². The van der Waals surface area contributed by atoms with Gasteiger partial charge in [-0.05, 0) is 41.8 Å². The highest BCUT2D eigenvalue weighted by Gasteiger charge is 2.48. The van der Waals surface area contributed by atoms with Crippen LogP contribution in [0.2, 0.25) is 5.02 Å².